The van der Waals surface area contributed by atoms with Crippen molar-refractivity contribution in [2.75, 3.05) is 4.90 Å². The molecule has 182 valence electrons. The first-order valence-electron chi connectivity index (χ1n) is 12.2. The van der Waals surface area contributed by atoms with E-state index in [4.69, 9.17) is 28.6 Å². The molecule has 6 nitrogen and oxygen atoms in total. The summed E-state index contributed by atoms with van der Waals surface area (Å²) in [5.41, 5.74) is 2.95. The second-order valence-electron chi connectivity index (χ2n) is 9.15. The van der Waals surface area contributed by atoms with Crippen LogP contribution in [0.15, 0.2) is 85.3 Å². The zero-order chi connectivity index (χ0) is 24.5. The van der Waals surface area contributed by atoms with Crippen molar-refractivity contribution >= 4 is 34.6 Å². The highest BCUT2D eigenvalue weighted by Gasteiger charge is 2.42. The lowest BCUT2D eigenvalue weighted by atomic mass is 10.0. The van der Waals surface area contributed by atoms with E-state index in [-0.39, 0.29) is 12.1 Å². The molecule has 1 aromatic carbocycles. The van der Waals surface area contributed by atoms with Gasteiger partial charge in [0.15, 0.2) is 5.11 Å². The Morgan fingerprint density at radius 1 is 0.944 bits per heavy atom. The Bertz CT molecular complexity index is 1340. The molecule has 0 radical (unpaired) electrons. The average Bonchev–Trinajstić information content (AvgIpc) is 3.66. The molecule has 8 heteroatoms. The van der Waals surface area contributed by atoms with E-state index < -0.39 is 0 Å². The number of rotatable bonds is 6. The van der Waals surface area contributed by atoms with E-state index in [0.717, 1.165) is 41.5 Å². The summed E-state index contributed by atoms with van der Waals surface area (Å²) in [6.45, 7) is 0. The molecule has 1 aliphatic carbocycles. The minimum Gasteiger partial charge on any atom is -0.490 e. The summed E-state index contributed by atoms with van der Waals surface area (Å²) in [6, 6.07) is 21.8. The predicted molar refractivity (Wildman–Crippen MR) is 146 cm³/mol. The van der Waals surface area contributed by atoms with Crippen LogP contribution in [0.1, 0.15) is 49.2 Å². The standard InChI is InChI=1S/C28H26ClN5OS/c29-19-10-15-25(31-18-19)33-17-5-9-24(33)27-26(23-8-3-4-16-30-23)32-28(36)34(27)20-11-13-22(14-12-20)35-21-6-1-2-7-21/h3-5,8-18,21,26-27H,1-2,6-7H2,(H,32,36)/t26-,27-/m1/s1. The molecule has 36 heavy (non-hydrogen) atoms. The van der Waals surface area contributed by atoms with Gasteiger partial charge >= 0.3 is 0 Å². The predicted octanol–water partition coefficient (Wildman–Crippen LogP) is 6.42. The van der Waals surface area contributed by atoms with E-state index in [0.29, 0.717) is 16.2 Å². The van der Waals surface area contributed by atoms with Crippen LogP contribution in [0.4, 0.5) is 5.69 Å². The zero-order valence-corrected chi connectivity index (χ0v) is 21.2. The van der Waals surface area contributed by atoms with Gasteiger partial charge in [-0.15, -0.1) is 0 Å². The first kappa shape index (κ1) is 23.0. The molecule has 1 saturated heterocycles. The maximum Gasteiger partial charge on any atom is 0.174 e. The maximum atomic E-state index is 6.20. The number of hydrogen-bond donors (Lipinski definition) is 1. The highest BCUT2D eigenvalue weighted by molar-refractivity contribution is 7.80. The Kier molecular flexibility index (Phi) is 6.34. The molecule has 2 fully saturated rings. The average molecular weight is 516 g/mol. The molecular weight excluding hydrogens is 490 g/mol. The van der Waals surface area contributed by atoms with Crippen LogP contribution in [0.25, 0.3) is 5.82 Å². The summed E-state index contributed by atoms with van der Waals surface area (Å²) in [6.07, 6.45) is 10.6. The van der Waals surface area contributed by atoms with E-state index in [1.807, 2.05) is 60.9 Å². The summed E-state index contributed by atoms with van der Waals surface area (Å²) in [5.74, 6) is 1.69. The van der Waals surface area contributed by atoms with Gasteiger partial charge in [0.1, 0.15) is 17.6 Å². The van der Waals surface area contributed by atoms with E-state index in [9.17, 15) is 0 Å². The lowest BCUT2D eigenvalue weighted by molar-refractivity contribution is 0.210. The Hall–Kier alpha value is -3.42. The number of aromatic nitrogens is 3. The van der Waals surface area contributed by atoms with Crippen molar-refractivity contribution in [1.29, 1.82) is 0 Å². The smallest absolute Gasteiger partial charge is 0.174 e. The second kappa shape index (κ2) is 9.91. The van der Waals surface area contributed by atoms with Crippen molar-refractivity contribution in [3.05, 3.63) is 102 Å². The Morgan fingerprint density at radius 3 is 2.50 bits per heavy atom. The number of hydrogen-bond acceptors (Lipinski definition) is 4. The third-order valence-electron chi connectivity index (χ3n) is 6.86. The van der Waals surface area contributed by atoms with E-state index in [1.54, 1.807) is 6.20 Å². The fourth-order valence-corrected chi connectivity index (χ4v) is 5.63. The van der Waals surface area contributed by atoms with E-state index >= 15 is 0 Å². The minimum absolute atomic E-state index is 0.144. The quantitative estimate of drug-likeness (QED) is 0.299. The Labute approximate surface area is 220 Å². The molecule has 0 bridgehead atoms. The molecule has 0 unspecified atom stereocenters. The van der Waals surface area contributed by atoms with Crippen molar-refractivity contribution in [2.45, 2.75) is 43.9 Å². The van der Waals surface area contributed by atoms with Crippen molar-refractivity contribution < 1.29 is 4.74 Å². The number of ether oxygens (including phenoxy) is 1. The number of nitrogens with one attached hydrogen (secondary N) is 1. The van der Waals surface area contributed by atoms with E-state index in [1.165, 1.54) is 12.8 Å². The van der Waals surface area contributed by atoms with Crippen LogP contribution < -0.4 is 15.0 Å². The molecule has 4 heterocycles. The molecule has 2 atom stereocenters. The Balaban J connectivity index is 1.39. The number of pyridine rings is 2. The van der Waals surface area contributed by atoms with Gasteiger partial charge in [-0.2, -0.15) is 0 Å². The number of nitrogens with zero attached hydrogens (tertiary/aromatic N) is 4. The number of benzene rings is 1. The van der Waals surface area contributed by atoms with Gasteiger partial charge in [-0.3, -0.25) is 4.98 Å². The number of halogens is 1. The monoisotopic (exact) mass is 515 g/mol. The lowest BCUT2D eigenvalue weighted by Crippen LogP contribution is -2.30. The van der Waals surface area contributed by atoms with Gasteiger partial charge in [0.2, 0.25) is 0 Å². The summed E-state index contributed by atoms with van der Waals surface area (Å²) < 4.78 is 8.28. The molecule has 3 aromatic heterocycles. The van der Waals surface area contributed by atoms with Crippen LogP contribution in [0.2, 0.25) is 5.02 Å². The second-order valence-corrected chi connectivity index (χ2v) is 9.98. The van der Waals surface area contributed by atoms with Crippen LogP contribution >= 0.6 is 23.8 Å². The summed E-state index contributed by atoms with van der Waals surface area (Å²) in [5, 5.41) is 4.78. The molecule has 0 spiro atoms. The molecular formula is C28H26ClN5OS. The molecule has 4 aromatic rings. The fourth-order valence-electron chi connectivity index (χ4n) is 5.17. The first-order valence-corrected chi connectivity index (χ1v) is 13.0. The van der Waals surface area contributed by atoms with Crippen molar-refractivity contribution in [1.82, 2.24) is 19.9 Å². The van der Waals surface area contributed by atoms with Crippen molar-refractivity contribution in [3.8, 4) is 11.6 Å². The highest BCUT2D eigenvalue weighted by atomic mass is 35.5. The summed E-state index contributed by atoms with van der Waals surface area (Å²) in [4.78, 5) is 11.4. The molecule has 2 aliphatic rings. The summed E-state index contributed by atoms with van der Waals surface area (Å²) in [7, 11) is 0. The number of thiocarbonyl (C=S) groups is 1. The van der Waals surface area contributed by atoms with Crippen LogP contribution in [-0.4, -0.2) is 25.8 Å². The highest BCUT2D eigenvalue weighted by Crippen LogP contribution is 2.42. The molecule has 1 N–H and O–H groups in total. The maximum absolute atomic E-state index is 6.20. The lowest BCUT2D eigenvalue weighted by Gasteiger charge is -2.29. The summed E-state index contributed by atoms with van der Waals surface area (Å²) >= 11 is 12.0. The fraction of sp³-hybridized carbons (Fsp3) is 0.250. The van der Waals surface area contributed by atoms with E-state index in [2.05, 4.69) is 43.0 Å². The van der Waals surface area contributed by atoms with Gasteiger partial charge in [-0.25, -0.2) is 4.98 Å². The van der Waals surface area contributed by atoms with Crippen molar-refractivity contribution in [2.24, 2.45) is 0 Å². The first-order chi connectivity index (χ1) is 17.7. The SMILES string of the molecule is S=C1N[C@H](c2ccccn2)[C@@H](c2cccn2-c2ccc(Cl)cn2)N1c1ccc(OC2CCCC2)cc1. The van der Waals surface area contributed by atoms with Crippen molar-refractivity contribution in [3.63, 3.8) is 0 Å². The largest absolute Gasteiger partial charge is 0.490 e. The van der Waals surface area contributed by atoms with Gasteiger partial charge in [0.25, 0.3) is 0 Å². The topological polar surface area (TPSA) is 55.2 Å². The Morgan fingerprint density at radius 2 is 1.78 bits per heavy atom. The van der Waals surface area contributed by atoms with Gasteiger partial charge in [-0.1, -0.05) is 17.7 Å². The molecule has 1 aliphatic heterocycles. The van der Waals surface area contributed by atoms with Gasteiger partial charge in [-0.05, 0) is 98.6 Å². The minimum atomic E-state index is -0.151. The van der Waals surface area contributed by atoms with Crippen LogP contribution in [-0.2, 0) is 0 Å². The van der Waals surface area contributed by atoms with Crippen LogP contribution in [0, 0.1) is 0 Å². The molecule has 0 amide bonds. The normalized spacial score (nSPS) is 20.0. The van der Waals surface area contributed by atoms with Crippen LogP contribution in [0.3, 0.4) is 0 Å². The van der Waals surface area contributed by atoms with Crippen LogP contribution in [0.5, 0.6) is 5.75 Å². The van der Waals surface area contributed by atoms with Gasteiger partial charge < -0.3 is 19.5 Å². The third kappa shape index (κ3) is 4.45. The third-order valence-corrected chi connectivity index (χ3v) is 7.40. The zero-order valence-electron chi connectivity index (χ0n) is 19.6. The van der Waals surface area contributed by atoms with Gasteiger partial charge in [0, 0.05) is 30.0 Å². The molecule has 6 rings (SSSR count). The number of anilines is 1. The molecule has 1 saturated carbocycles. The van der Waals surface area contributed by atoms with Gasteiger partial charge in [0.05, 0.1) is 22.9 Å².